The number of piperazine rings is 1. The van der Waals surface area contributed by atoms with Crippen LogP contribution in [-0.4, -0.2) is 91.7 Å². The first-order chi connectivity index (χ1) is 22.3. The molecule has 1 atom stereocenters. The highest BCUT2D eigenvalue weighted by Gasteiger charge is 2.32. The van der Waals surface area contributed by atoms with Gasteiger partial charge in [0, 0.05) is 74.5 Å². The Bertz CT molecular complexity index is 1560. The van der Waals surface area contributed by atoms with Crippen molar-refractivity contribution < 1.29 is 18.8 Å². The van der Waals surface area contributed by atoms with Crippen molar-refractivity contribution in [1.82, 2.24) is 19.8 Å². The summed E-state index contributed by atoms with van der Waals surface area (Å²) < 4.78 is 20.6. The van der Waals surface area contributed by atoms with Crippen LogP contribution in [0, 0.1) is 5.82 Å². The summed E-state index contributed by atoms with van der Waals surface area (Å²) in [7, 11) is 3.79. The van der Waals surface area contributed by atoms with E-state index in [4.69, 9.17) is 21.2 Å². The van der Waals surface area contributed by atoms with Crippen molar-refractivity contribution >= 4 is 46.2 Å². The number of piperidine rings is 1. The molecule has 2 N–H and O–H groups in total. The van der Waals surface area contributed by atoms with Gasteiger partial charge in [-0.2, -0.15) is 0 Å². The van der Waals surface area contributed by atoms with E-state index in [0.29, 0.717) is 58.4 Å². The molecule has 3 fully saturated rings. The summed E-state index contributed by atoms with van der Waals surface area (Å²) in [5, 5.41) is 8.24. The lowest BCUT2D eigenvalue weighted by atomic mass is 10.0. The summed E-state index contributed by atoms with van der Waals surface area (Å²) in [6.45, 7) is 10.2. The van der Waals surface area contributed by atoms with Gasteiger partial charge in [-0.05, 0) is 44.2 Å². The molecule has 0 saturated carbocycles. The van der Waals surface area contributed by atoms with Gasteiger partial charge in [0.2, 0.25) is 5.91 Å². The first-order valence-electron chi connectivity index (χ1n) is 15.6. The minimum atomic E-state index is -0.400. The molecule has 3 saturated heterocycles. The Kier molecular flexibility index (Phi) is 9.88. The number of halogens is 2. The highest BCUT2D eigenvalue weighted by Crippen LogP contribution is 2.41. The highest BCUT2D eigenvalue weighted by molar-refractivity contribution is 6.30. The smallest absolute Gasteiger partial charge is 0.247 e. The molecule has 0 aliphatic carbocycles. The number of likely N-dealkylation sites (N-methyl/N-ethyl adjacent to an activating group) is 1. The Morgan fingerprint density at radius 1 is 1.07 bits per heavy atom. The van der Waals surface area contributed by atoms with E-state index in [0.717, 1.165) is 57.8 Å². The summed E-state index contributed by atoms with van der Waals surface area (Å²) in [4.78, 5) is 34.5. The molecule has 1 aromatic heterocycles. The number of anilines is 5. The van der Waals surface area contributed by atoms with Gasteiger partial charge in [0.05, 0.1) is 36.8 Å². The van der Waals surface area contributed by atoms with Gasteiger partial charge < -0.3 is 25.2 Å². The molecule has 244 valence electrons. The van der Waals surface area contributed by atoms with E-state index in [-0.39, 0.29) is 11.9 Å². The number of rotatable bonds is 9. The SMILES string of the molecule is C=CC(=O)Nc1cc(Nc2cc(N3OCCC3c3ccc(Cl)cc3F)ncn2)c(OC)cc1N1CCC(N2CCN(C)CC2)CC1. The average Bonchev–Trinajstić information content (AvgIpc) is 3.55. The zero-order valence-corrected chi connectivity index (χ0v) is 27.0. The number of aromatic nitrogens is 2. The lowest BCUT2D eigenvalue weighted by molar-refractivity contribution is -0.111. The van der Waals surface area contributed by atoms with E-state index in [9.17, 15) is 9.18 Å². The quantitative estimate of drug-likeness (QED) is 0.299. The van der Waals surface area contributed by atoms with Crippen LogP contribution < -0.4 is 25.3 Å². The lowest BCUT2D eigenvalue weighted by Crippen LogP contribution is -2.52. The maximum absolute atomic E-state index is 14.8. The Hall–Kier alpha value is -3.97. The maximum atomic E-state index is 14.8. The Morgan fingerprint density at radius 2 is 1.85 bits per heavy atom. The number of carbonyl (C=O) groups excluding carboxylic acids is 1. The monoisotopic (exact) mass is 650 g/mol. The number of methoxy groups -OCH3 is 1. The Balaban J connectivity index is 1.23. The fraction of sp³-hybridized carbons (Fsp3) is 0.424. The predicted octanol–water partition coefficient (Wildman–Crippen LogP) is 5.25. The molecule has 1 unspecified atom stereocenters. The molecule has 6 rings (SSSR count). The summed E-state index contributed by atoms with van der Waals surface area (Å²) in [5.74, 6) is 0.819. The number of carbonyl (C=O) groups is 1. The first kappa shape index (κ1) is 32.0. The van der Waals surface area contributed by atoms with E-state index < -0.39 is 5.82 Å². The van der Waals surface area contributed by atoms with Gasteiger partial charge in [0.25, 0.3) is 0 Å². The van der Waals surface area contributed by atoms with E-state index >= 15 is 0 Å². The van der Waals surface area contributed by atoms with E-state index in [2.05, 4.69) is 48.9 Å². The third-order valence-corrected chi connectivity index (χ3v) is 9.22. The molecule has 0 bridgehead atoms. The number of nitrogens with zero attached hydrogens (tertiary/aromatic N) is 6. The maximum Gasteiger partial charge on any atom is 0.247 e. The number of ether oxygens (including phenoxy) is 1. The van der Waals surface area contributed by atoms with E-state index in [1.165, 1.54) is 18.5 Å². The number of hydrogen-bond donors (Lipinski definition) is 2. The fourth-order valence-corrected chi connectivity index (χ4v) is 6.62. The zero-order valence-electron chi connectivity index (χ0n) is 26.2. The molecule has 3 aliphatic heterocycles. The summed E-state index contributed by atoms with van der Waals surface area (Å²) in [5.41, 5.74) is 2.60. The number of hydroxylamine groups is 1. The van der Waals surface area contributed by atoms with Crippen LogP contribution in [-0.2, 0) is 9.63 Å². The number of amides is 1. The van der Waals surface area contributed by atoms with Crippen LogP contribution in [0.2, 0.25) is 5.02 Å². The molecule has 1 amide bonds. The van der Waals surface area contributed by atoms with Crippen molar-refractivity contribution in [3.05, 3.63) is 71.8 Å². The Labute approximate surface area is 273 Å². The number of nitrogens with one attached hydrogen (secondary N) is 2. The molecule has 2 aromatic carbocycles. The van der Waals surface area contributed by atoms with Crippen LogP contribution in [0.3, 0.4) is 0 Å². The van der Waals surface area contributed by atoms with Gasteiger partial charge in [0.15, 0.2) is 5.82 Å². The molecular formula is C33H40ClFN8O3. The van der Waals surface area contributed by atoms with Crippen molar-refractivity contribution in [1.29, 1.82) is 0 Å². The third-order valence-electron chi connectivity index (χ3n) is 8.99. The molecule has 4 heterocycles. The molecule has 3 aromatic rings. The third kappa shape index (κ3) is 7.05. The lowest BCUT2D eigenvalue weighted by Gasteiger charge is -2.43. The van der Waals surface area contributed by atoms with E-state index in [1.54, 1.807) is 30.4 Å². The van der Waals surface area contributed by atoms with Gasteiger partial charge in [-0.15, -0.1) is 0 Å². The predicted molar refractivity (Wildman–Crippen MR) is 179 cm³/mol. The minimum absolute atomic E-state index is 0.305. The van der Waals surface area contributed by atoms with Crippen molar-refractivity contribution in [2.45, 2.75) is 31.3 Å². The molecule has 3 aliphatic rings. The van der Waals surface area contributed by atoms with Gasteiger partial charge in [-0.25, -0.2) is 19.4 Å². The average molecular weight is 651 g/mol. The largest absolute Gasteiger partial charge is 0.494 e. The second-order valence-electron chi connectivity index (χ2n) is 11.8. The number of hydrogen-bond acceptors (Lipinski definition) is 10. The molecular weight excluding hydrogens is 611 g/mol. The Morgan fingerprint density at radius 3 is 2.57 bits per heavy atom. The molecule has 13 heteroatoms. The van der Waals surface area contributed by atoms with Crippen LogP contribution in [0.5, 0.6) is 5.75 Å². The van der Waals surface area contributed by atoms with Crippen LogP contribution in [0.1, 0.15) is 30.9 Å². The van der Waals surface area contributed by atoms with E-state index in [1.807, 2.05) is 12.1 Å². The fourth-order valence-electron chi connectivity index (χ4n) is 6.46. The van der Waals surface area contributed by atoms with Gasteiger partial charge in [-0.3, -0.25) is 14.5 Å². The second-order valence-corrected chi connectivity index (χ2v) is 12.3. The van der Waals surface area contributed by atoms with Crippen LogP contribution >= 0.6 is 11.6 Å². The molecule has 0 spiro atoms. The topological polar surface area (TPSA) is 98.3 Å². The van der Waals surface area contributed by atoms with Gasteiger partial charge >= 0.3 is 0 Å². The van der Waals surface area contributed by atoms with Crippen molar-refractivity contribution in [3.8, 4) is 5.75 Å². The van der Waals surface area contributed by atoms with Crippen molar-refractivity contribution in [2.75, 3.05) is 80.6 Å². The standard InChI is InChI=1S/C33H40ClFN8O3/c1-4-33(44)39-26-18-27(30(45-3)19-29(26)42-10-7-23(8-11-42)41-14-12-40(2)13-15-41)38-31-20-32(37-21-36-31)43-28(9-16-46-43)24-6-5-22(34)17-25(24)35/h4-6,17-21,23,28H,1,7-16H2,2-3H3,(H,39,44)(H,36,37,38). The second kappa shape index (κ2) is 14.2. The normalized spacial score (nSPS) is 19.7. The summed E-state index contributed by atoms with van der Waals surface area (Å²) in [6.07, 6.45) is 5.35. The molecule has 11 nitrogen and oxygen atoms in total. The van der Waals surface area contributed by atoms with Crippen molar-refractivity contribution in [3.63, 3.8) is 0 Å². The molecule has 46 heavy (non-hydrogen) atoms. The summed E-state index contributed by atoms with van der Waals surface area (Å²) in [6, 6.07) is 10.3. The zero-order chi connectivity index (χ0) is 32.2. The molecule has 0 radical (unpaired) electrons. The van der Waals surface area contributed by atoms with Gasteiger partial charge in [0.1, 0.15) is 23.7 Å². The first-order valence-corrected chi connectivity index (χ1v) is 16.0. The van der Waals surface area contributed by atoms with Crippen LogP contribution in [0.4, 0.5) is 33.1 Å². The summed E-state index contributed by atoms with van der Waals surface area (Å²) >= 11 is 5.98. The highest BCUT2D eigenvalue weighted by atomic mass is 35.5. The van der Waals surface area contributed by atoms with Crippen molar-refractivity contribution in [2.24, 2.45) is 0 Å². The minimum Gasteiger partial charge on any atom is -0.494 e. The van der Waals surface area contributed by atoms with Gasteiger partial charge in [-0.1, -0.05) is 24.2 Å². The van der Waals surface area contributed by atoms with Crippen LogP contribution in [0.25, 0.3) is 0 Å². The van der Waals surface area contributed by atoms with Crippen LogP contribution in [0.15, 0.2) is 55.4 Å². The number of benzene rings is 2.